The topological polar surface area (TPSA) is 51.1 Å². The Morgan fingerprint density at radius 3 is 2.44 bits per heavy atom. The fourth-order valence-electron chi connectivity index (χ4n) is 1.85. The molecule has 1 aromatic heterocycles. The van der Waals surface area contributed by atoms with Gasteiger partial charge in [-0.25, -0.2) is 0 Å². The minimum atomic E-state index is 0.0998. The van der Waals surface area contributed by atoms with E-state index in [1.165, 1.54) is 0 Å². The number of rotatable bonds is 7. The lowest BCUT2D eigenvalue weighted by molar-refractivity contribution is 0.202. The second kappa shape index (κ2) is 7.71. The standard InChI is InChI=1S/C11H18Cl2N4O/c1-4-8(5-2)17(6-7-18-3)10-9(12)15-16-11(13)14-10/h8H,4-7H2,1-3H3. The highest BCUT2D eigenvalue weighted by Gasteiger charge is 2.21. The molecule has 0 aromatic carbocycles. The molecule has 18 heavy (non-hydrogen) atoms. The van der Waals surface area contributed by atoms with Gasteiger partial charge in [-0.1, -0.05) is 25.4 Å². The normalized spacial score (nSPS) is 11.0. The molecule has 0 aliphatic carbocycles. The number of aromatic nitrogens is 3. The van der Waals surface area contributed by atoms with E-state index in [-0.39, 0.29) is 10.4 Å². The molecule has 0 unspecified atom stereocenters. The first-order valence-electron chi connectivity index (χ1n) is 5.95. The molecule has 1 rings (SSSR count). The van der Waals surface area contributed by atoms with Crippen LogP contribution in [0.3, 0.4) is 0 Å². The molecule has 0 radical (unpaired) electrons. The van der Waals surface area contributed by atoms with Gasteiger partial charge in [0.05, 0.1) is 6.61 Å². The summed E-state index contributed by atoms with van der Waals surface area (Å²) >= 11 is 11.8. The number of nitrogens with zero attached hydrogens (tertiary/aromatic N) is 4. The van der Waals surface area contributed by atoms with Gasteiger partial charge in [0.15, 0.2) is 11.0 Å². The summed E-state index contributed by atoms with van der Waals surface area (Å²) in [5, 5.41) is 7.79. The molecule has 5 nitrogen and oxygen atoms in total. The first kappa shape index (κ1) is 15.4. The summed E-state index contributed by atoms with van der Waals surface area (Å²) < 4.78 is 5.12. The van der Waals surface area contributed by atoms with Crippen LogP contribution < -0.4 is 4.90 Å². The molecule has 0 spiro atoms. The lowest BCUT2D eigenvalue weighted by Crippen LogP contribution is -2.38. The number of halogens is 2. The molecule has 0 bridgehead atoms. The van der Waals surface area contributed by atoms with Crippen molar-refractivity contribution in [3.8, 4) is 0 Å². The summed E-state index contributed by atoms with van der Waals surface area (Å²) in [5.41, 5.74) is 0. The molecule has 0 saturated carbocycles. The molecule has 7 heteroatoms. The molecule has 1 heterocycles. The Balaban J connectivity index is 3.03. The zero-order chi connectivity index (χ0) is 13.5. The maximum Gasteiger partial charge on any atom is 0.245 e. The predicted molar refractivity (Wildman–Crippen MR) is 73.4 cm³/mol. The van der Waals surface area contributed by atoms with Gasteiger partial charge in [0, 0.05) is 19.7 Å². The van der Waals surface area contributed by atoms with Crippen LogP contribution >= 0.6 is 23.2 Å². The number of hydrogen-bond acceptors (Lipinski definition) is 5. The summed E-state index contributed by atoms with van der Waals surface area (Å²) in [5.74, 6) is 0.572. The first-order valence-corrected chi connectivity index (χ1v) is 6.70. The molecule has 0 amide bonds. The van der Waals surface area contributed by atoms with Crippen LogP contribution in [0.4, 0.5) is 5.82 Å². The third kappa shape index (κ3) is 3.93. The fraction of sp³-hybridized carbons (Fsp3) is 0.727. The van der Waals surface area contributed by atoms with Crippen molar-refractivity contribution >= 4 is 29.0 Å². The highest BCUT2D eigenvalue weighted by molar-refractivity contribution is 6.32. The van der Waals surface area contributed by atoms with Crippen LogP contribution in [0.2, 0.25) is 10.4 Å². The van der Waals surface area contributed by atoms with Crippen LogP contribution in [0, 0.1) is 0 Å². The van der Waals surface area contributed by atoms with E-state index in [1.54, 1.807) is 7.11 Å². The fourth-order valence-corrected chi connectivity index (χ4v) is 2.16. The second-order valence-electron chi connectivity index (χ2n) is 3.85. The molecular weight excluding hydrogens is 275 g/mol. The molecule has 0 aliphatic rings. The van der Waals surface area contributed by atoms with Gasteiger partial charge in [-0.05, 0) is 24.4 Å². The minimum Gasteiger partial charge on any atom is -0.383 e. The molecule has 0 saturated heterocycles. The summed E-state index contributed by atoms with van der Waals surface area (Å²) in [6, 6.07) is 0.324. The summed E-state index contributed by atoms with van der Waals surface area (Å²) in [4.78, 5) is 6.25. The smallest absolute Gasteiger partial charge is 0.245 e. The van der Waals surface area contributed by atoms with Crippen molar-refractivity contribution in [1.29, 1.82) is 0 Å². The van der Waals surface area contributed by atoms with Crippen LogP contribution in [0.15, 0.2) is 0 Å². The van der Waals surface area contributed by atoms with Crippen molar-refractivity contribution in [2.24, 2.45) is 0 Å². The Hall–Kier alpha value is -0.650. The van der Waals surface area contributed by atoms with E-state index in [2.05, 4.69) is 33.9 Å². The maximum atomic E-state index is 6.05. The highest BCUT2D eigenvalue weighted by Crippen LogP contribution is 2.25. The number of hydrogen-bond donors (Lipinski definition) is 0. The van der Waals surface area contributed by atoms with Gasteiger partial charge in [0.2, 0.25) is 5.28 Å². The summed E-state index contributed by atoms with van der Waals surface area (Å²) in [7, 11) is 1.66. The number of methoxy groups -OCH3 is 1. The summed E-state index contributed by atoms with van der Waals surface area (Å²) in [6.07, 6.45) is 1.97. The molecule has 0 fully saturated rings. The number of anilines is 1. The third-order valence-electron chi connectivity index (χ3n) is 2.79. The average Bonchev–Trinajstić information content (AvgIpc) is 2.38. The SMILES string of the molecule is CCC(CC)N(CCOC)c1nc(Cl)nnc1Cl. The largest absolute Gasteiger partial charge is 0.383 e. The third-order valence-corrected chi connectivity index (χ3v) is 3.20. The van der Waals surface area contributed by atoms with Crippen LogP contribution in [-0.2, 0) is 4.74 Å². The molecular formula is C11H18Cl2N4O. The molecule has 1 aromatic rings. The predicted octanol–water partition coefficient (Wildman–Crippen LogP) is 2.82. The molecule has 0 N–H and O–H groups in total. The Kier molecular flexibility index (Phi) is 6.60. The maximum absolute atomic E-state index is 6.05. The molecule has 0 atom stereocenters. The Bertz CT molecular complexity index is 374. The lowest BCUT2D eigenvalue weighted by Gasteiger charge is -2.31. The summed E-state index contributed by atoms with van der Waals surface area (Å²) in [6.45, 7) is 5.53. The van der Waals surface area contributed by atoms with Crippen molar-refractivity contribution < 1.29 is 4.74 Å². The zero-order valence-electron chi connectivity index (χ0n) is 10.9. The Morgan fingerprint density at radius 2 is 1.89 bits per heavy atom. The quantitative estimate of drug-likeness (QED) is 0.773. The van der Waals surface area contributed by atoms with E-state index in [1.807, 2.05) is 0 Å². The van der Waals surface area contributed by atoms with Gasteiger partial charge in [-0.2, -0.15) is 4.98 Å². The van der Waals surface area contributed by atoms with Gasteiger partial charge in [-0.3, -0.25) is 0 Å². The minimum absolute atomic E-state index is 0.0998. The Labute approximate surface area is 117 Å². The van der Waals surface area contributed by atoms with Crippen molar-refractivity contribution in [3.63, 3.8) is 0 Å². The Morgan fingerprint density at radius 1 is 1.22 bits per heavy atom. The van der Waals surface area contributed by atoms with Gasteiger partial charge in [0.25, 0.3) is 0 Å². The van der Waals surface area contributed by atoms with E-state index in [4.69, 9.17) is 27.9 Å². The van der Waals surface area contributed by atoms with Crippen molar-refractivity contribution in [3.05, 3.63) is 10.4 Å². The van der Waals surface area contributed by atoms with Crippen molar-refractivity contribution in [1.82, 2.24) is 15.2 Å². The number of ether oxygens (including phenoxy) is 1. The van der Waals surface area contributed by atoms with E-state index in [9.17, 15) is 0 Å². The molecule has 102 valence electrons. The van der Waals surface area contributed by atoms with E-state index < -0.39 is 0 Å². The zero-order valence-corrected chi connectivity index (χ0v) is 12.4. The van der Waals surface area contributed by atoms with Crippen LogP contribution in [-0.4, -0.2) is 41.5 Å². The van der Waals surface area contributed by atoms with Crippen LogP contribution in [0.5, 0.6) is 0 Å². The van der Waals surface area contributed by atoms with Crippen LogP contribution in [0.1, 0.15) is 26.7 Å². The monoisotopic (exact) mass is 292 g/mol. The van der Waals surface area contributed by atoms with E-state index in [0.29, 0.717) is 25.0 Å². The average molecular weight is 293 g/mol. The van der Waals surface area contributed by atoms with Gasteiger partial charge in [-0.15, -0.1) is 10.2 Å². The van der Waals surface area contributed by atoms with E-state index >= 15 is 0 Å². The van der Waals surface area contributed by atoms with Gasteiger partial charge in [0.1, 0.15) is 0 Å². The van der Waals surface area contributed by atoms with Gasteiger partial charge >= 0.3 is 0 Å². The van der Waals surface area contributed by atoms with Gasteiger partial charge < -0.3 is 9.64 Å². The van der Waals surface area contributed by atoms with Crippen LogP contribution in [0.25, 0.3) is 0 Å². The van der Waals surface area contributed by atoms with E-state index in [0.717, 1.165) is 12.8 Å². The lowest BCUT2D eigenvalue weighted by atomic mass is 10.1. The second-order valence-corrected chi connectivity index (χ2v) is 4.55. The molecule has 0 aliphatic heterocycles. The highest BCUT2D eigenvalue weighted by atomic mass is 35.5. The van der Waals surface area contributed by atoms with Crippen molar-refractivity contribution in [2.75, 3.05) is 25.2 Å². The van der Waals surface area contributed by atoms with Crippen molar-refractivity contribution in [2.45, 2.75) is 32.7 Å². The first-order chi connectivity index (χ1) is 8.63.